The van der Waals surface area contributed by atoms with Crippen LogP contribution >= 0.6 is 0 Å². The summed E-state index contributed by atoms with van der Waals surface area (Å²) in [5.74, 6) is 1.78. The number of nitrogens with one attached hydrogen (secondary N) is 1. The van der Waals surface area contributed by atoms with Gasteiger partial charge in [-0.1, -0.05) is 6.92 Å². The summed E-state index contributed by atoms with van der Waals surface area (Å²) in [5.41, 5.74) is 0. The van der Waals surface area contributed by atoms with Crippen LogP contribution < -0.4 is 15.0 Å². The van der Waals surface area contributed by atoms with Crippen LogP contribution in [-0.2, 0) is 4.74 Å². The van der Waals surface area contributed by atoms with Crippen LogP contribution in [0.15, 0.2) is 18.3 Å². The molecule has 0 bridgehead atoms. The molecule has 2 heterocycles. The Labute approximate surface area is 127 Å². The van der Waals surface area contributed by atoms with Crippen molar-refractivity contribution in [3.63, 3.8) is 0 Å². The van der Waals surface area contributed by atoms with Crippen LogP contribution in [0, 0.1) is 0 Å². The van der Waals surface area contributed by atoms with Gasteiger partial charge in [0.2, 0.25) is 0 Å². The number of pyridine rings is 1. The van der Waals surface area contributed by atoms with E-state index in [1.807, 2.05) is 32.2 Å². The maximum Gasteiger partial charge on any atom is 0.171 e. The maximum absolute atomic E-state index is 5.91. The van der Waals surface area contributed by atoms with Crippen molar-refractivity contribution in [1.82, 2.24) is 10.3 Å². The van der Waals surface area contributed by atoms with E-state index in [1.54, 1.807) is 0 Å². The monoisotopic (exact) mass is 293 g/mol. The zero-order valence-electron chi connectivity index (χ0n) is 13.3. The Bertz CT molecular complexity index is 426. The van der Waals surface area contributed by atoms with Crippen molar-refractivity contribution in [2.45, 2.75) is 39.3 Å². The minimum absolute atomic E-state index is 0.144. The quantitative estimate of drug-likeness (QED) is 0.780. The van der Waals surface area contributed by atoms with Gasteiger partial charge in [0, 0.05) is 19.3 Å². The van der Waals surface area contributed by atoms with Crippen LogP contribution in [-0.4, -0.2) is 50.0 Å². The van der Waals surface area contributed by atoms with Gasteiger partial charge >= 0.3 is 0 Å². The van der Waals surface area contributed by atoms with E-state index < -0.39 is 0 Å². The van der Waals surface area contributed by atoms with Crippen LogP contribution in [0.2, 0.25) is 0 Å². The molecule has 118 valence electrons. The molecule has 1 aromatic heterocycles. The minimum atomic E-state index is 0.144. The highest BCUT2D eigenvalue weighted by Crippen LogP contribution is 2.28. The molecule has 0 saturated carbocycles. The Morgan fingerprint density at radius 1 is 1.52 bits per heavy atom. The molecule has 0 aromatic carbocycles. The lowest BCUT2D eigenvalue weighted by molar-refractivity contribution is 0.0928. The van der Waals surface area contributed by atoms with Gasteiger partial charge in [0.25, 0.3) is 0 Å². The molecule has 1 saturated heterocycles. The molecule has 1 N–H and O–H groups in total. The number of hydrogen-bond acceptors (Lipinski definition) is 5. The lowest BCUT2D eigenvalue weighted by atomic mass is 10.2. The molecule has 0 radical (unpaired) electrons. The summed E-state index contributed by atoms with van der Waals surface area (Å²) < 4.78 is 11.5. The van der Waals surface area contributed by atoms with Crippen molar-refractivity contribution in [1.29, 1.82) is 0 Å². The summed E-state index contributed by atoms with van der Waals surface area (Å²) in [6.45, 7) is 10.5. The molecule has 0 spiro atoms. The van der Waals surface area contributed by atoms with Gasteiger partial charge in [0.05, 0.1) is 25.4 Å². The van der Waals surface area contributed by atoms with Gasteiger partial charge in [0.15, 0.2) is 11.6 Å². The number of nitrogens with zero attached hydrogens (tertiary/aromatic N) is 2. The number of aromatic nitrogens is 1. The number of ether oxygens (including phenoxy) is 2. The smallest absolute Gasteiger partial charge is 0.171 e. The average Bonchev–Trinajstić information content (AvgIpc) is 2.48. The lowest BCUT2D eigenvalue weighted by Crippen LogP contribution is -2.51. The topological polar surface area (TPSA) is 46.6 Å². The molecule has 5 heteroatoms. The average molecular weight is 293 g/mol. The Balaban J connectivity index is 2.12. The van der Waals surface area contributed by atoms with E-state index in [1.165, 1.54) is 0 Å². The zero-order valence-corrected chi connectivity index (χ0v) is 13.3. The fraction of sp³-hybridized carbons (Fsp3) is 0.688. The molecular formula is C16H27N3O2. The van der Waals surface area contributed by atoms with Gasteiger partial charge in [-0.05, 0) is 38.9 Å². The summed E-state index contributed by atoms with van der Waals surface area (Å²) in [7, 11) is 0. The SMILES string of the molecule is CCCNCC1COCCN1c1ncccc1OC(C)C. The van der Waals surface area contributed by atoms with Crippen molar-refractivity contribution in [2.75, 3.05) is 37.7 Å². The molecule has 1 unspecified atom stereocenters. The van der Waals surface area contributed by atoms with Crippen LogP contribution in [0.5, 0.6) is 5.75 Å². The first-order valence-corrected chi connectivity index (χ1v) is 7.89. The number of rotatable bonds is 7. The first kappa shape index (κ1) is 16.0. The summed E-state index contributed by atoms with van der Waals surface area (Å²) in [6, 6.07) is 4.22. The summed E-state index contributed by atoms with van der Waals surface area (Å²) in [5, 5.41) is 3.47. The molecule has 0 amide bonds. The summed E-state index contributed by atoms with van der Waals surface area (Å²) >= 11 is 0. The van der Waals surface area contributed by atoms with E-state index in [-0.39, 0.29) is 6.10 Å². The van der Waals surface area contributed by atoms with Gasteiger partial charge < -0.3 is 19.7 Å². The summed E-state index contributed by atoms with van der Waals surface area (Å²) in [4.78, 5) is 6.86. The number of morpholine rings is 1. The Morgan fingerprint density at radius 3 is 3.14 bits per heavy atom. The van der Waals surface area contributed by atoms with E-state index >= 15 is 0 Å². The molecule has 1 atom stereocenters. The van der Waals surface area contributed by atoms with E-state index in [0.717, 1.165) is 50.8 Å². The standard InChI is InChI=1S/C16H27N3O2/c1-4-7-17-11-14-12-20-10-9-19(14)16-15(21-13(2)3)6-5-8-18-16/h5-6,8,13-14,17H,4,7,9-12H2,1-3H3. The van der Waals surface area contributed by atoms with E-state index in [2.05, 4.69) is 22.1 Å². The molecular weight excluding hydrogens is 266 g/mol. The molecule has 2 rings (SSSR count). The van der Waals surface area contributed by atoms with Gasteiger partial charge in [-0.15, -0.1) is 0 Å². The van der Waals surface area contributed by atoms with Crippen LogP contribution in [0.25, 0.3) is 0 Å². The summed E-state index contributed by atoms with van der Waals surface area (Å²) in [6.07, 6.45) is 3.11. The third-order valence-corrected chi connectivity index (χ3v) is 3.42. The maximum atomic E-state index is 5.91. The number of hydrogen-bond donors (Lipinski definition) is 1. The fourth-order valence-electron chi connectivity index (χ4n) is 2.49. The molecule has 1 aromatic rings. The third-order valence-electron chi connectivity index (χ3n) is 3.42. The van der Waals surface area contributed by atoms with Crippen molar-refractivity contribution in [3.8, 4) is 5.75 Å². The zero-order chi connectivity index (χ0) is 15.1. The van der Waals surface area contributed by atoms with Crippen LogP contribution in [0.3, 0.4) is 0 Å². The highest BCUT2D eigenvalue weighted by molar-refractivity contribution is 5.53. The second-order valence-corrected chi connectivity index (χ2v) is 5.62. The predicted octanol–water partition coefficient (Wildman–Crippen LogP) is 2.07. The van der Waals surface area contributed by atoms with Gasteiger partial charge in [-0.2, -0.15) is 0 Å². The Hall–Kier alpha value is -1.33. The van der Waals surface area contributed by atoms with Gasteiger partial charge in [-0.25, -0.2) is 4.98 Å². The first-order chi connectivity index (χ1) is 10.2. The second kappa shape index (κ2) is 8.20. The molecule has 1 fully saturated rings. The first-order valence-electron chi connectivity index (χ1n) is 7.89. The second-order valence-electron chi connectivity index (χ2n) is 5.62. The Kier molecular flexibility index (Phi) is 6.26. The largest absolute Gasteiger partial charge is 0.487 e. The molecule has 5 nitrogen and oxygen atoms in total. The fourth-order valence-corrected chi connectivity index (χ4v) is 2.49. The highest BCUT2D eigenvalue weighted by atomic mass is 16.5. The van der Waals surface area contributed by atoms with Crippen molar-refractivity contribution < 1.29 is 9.47 Å². The highest BCUT2D eigenvalue weighted by Gasteiger charge is 2.26. The normalized spacial score (nSPS) is 19.0. The Morgan fingerprint density at radius 2 is 2.38 bits per heavy atom. The molecule has 21 heavy (non-hydrogen) atoms. The van der Waals surface area contributed by atoms with Crippen LogP contribution in [0.1, 0.15) is 27.2 Å². The van der Waals surface area contributed by atoms with Crippen molar-refractivity contribution in [2.24, 2.45) is 0 Å². The third kappa shape index (κ3) is 4.58. The predicted molar refractivity (Wildman–Crippen MR) is 85.1 cm³/mol. The molecule has 1 aliphatic heterocycles. The lowest BCUT2D eigenvalue weighted by Gasteiger charge is -2.37. The van der Waals surface area contributed by atoms with Crippen molar-refractivity contribution in [3.05, 3.63) is 18.3 Å². The van der Waals surface area contributed by atoms with E-state index in [4.69, 9.17) is 9.47 Å². The van der Waals surface area contributed by atoms with Crippen LogP contribution in [0.4, 0.5) is 5.82 Å². The minimum Gasteiger partial charge on any atom is -0.487 e. The van der Waals surface area contributed by atoms with E-state index in [9.17, 15) is 0 Å². The molecule has 0 aliphatic carbocycles. The van der Waals surface area contributed by atoms with E-state index in [0.29, 0.717) is 6.04 Å². The van der Waals surface area contributed by atoms with Gasteiger partial charge in [0.1, 0.15) is 0 Å². The van der Waals surface area contributed by atoms with Crippen molar-refractivity contribution >= 4 is 5.82 Å². The molecule has 1 aliphatic rings. The number of anilines is 1. The van der Waals surface area contributed by atoms with Gasteiger partial charge in [-0.3, -0.25) is 0 Å².